The summed E-state index contributed by atoms with van der Waals surface area (Å²) in [6.45, 7) is 0.661. The minimum absolute atomic E-state index is 0.0671. The summed E-state index contributed by atoms with van der Waals surface area (Å²) in [5.41, 5.74) is 6.51. The number of rotatable bonds is 6. The molecule has 8 nitrogen and oxygen atoms in total. The van der Waals surface area contributed by atoms with E-state index in [9.17, 15) is 13.2 Å². The average Bonchev–Trinajstić information content (AvgIpc) is 3.13. The lowest BCUT2D eigenvalue weighted by Crippen LogP contribution is -2.47. The lowest BCUT2D eigenvalue weighted by Gasteiger charge is -2.32. The van der Waals surface area contributed by atoms with Crippen molar-refractivity contribution in [2.75, 3.05) is 32.0 Å². The van der Waals surface area contributed by atoms with Gasteiger partial charge in [0.25, 0.3) is 0 Å². The molecule has 0 radical (unpaired) electrons. The van der Waals surface area contributed by atoms with Crippen molar-refractivity contribution in [3.63, 3.8) is 0 Å². The van der Waals surface area contributed by atoms with Crippen LogP contribution in [0.2, 0.25) is 5.02 Å². The van der Waals surface area contributed by atoms with E-state index in [1.807, 2.05) is 30.3 Å². The van der Waals surface area contributed by atoms with Gasteiger partial charge in [0.05, 0.1) is 23.5 Å². The van der Waals surface area contributed by atoms with Crippen LogP contribution in [-0.4, -0.2) is 56.4 Å². The van der Waals surface area contributed by atoms with Gasteiger partial charge in [0.1, 0.15) is 23.4 Å². The second-order valence-corrected chi connectivity index (χ2v) is 9.19. The van der Waals surface area contributed by atoms with Gasteiger partial charge in [-0.25, -0.2) is 8.42 Å². The lowest BCUT2D eigenvalue weighted by atomic mass is 10.2. The zero-order valence-corrected chi connectivity index (χ0v) is 17.4. The van der Waals surface area contributed by atoms with Gasteiger partial charge in [-0.2, -0.15) is 4.31 Å². The van der Waals surface area contributed by atoms with Gasteiger partial charge < -0.3 is 20.2 Å². The highest BCUT2D eigenvalue weighted by atomic mass is 35.5. The Morgan fingerprint density at radius 3 is 2.80 bits per heavy atom. The second-order valence-electron chi connectivity index (χ2n) is 6.88. The molecule has 1 fully saturated rings. The quantitative estimate of drug-likeness (QED) is 0.441. The molecule has 3 aromatic rings. The van der Waals surface area contributed by atoms with Gasteiger partial charge in [-0.3, -0.25) is 4.79 Å². The predicted octanol–water partition coefficient (Wildman–Crippen LogP) is 2.68. The maximum absolute atomic E-state index is 13.5. The molecule has 3 N–H and O–H groups in total. The molecule has 1 aliphatic heterocycles. The molecule has 1 atom stereocenters. The van der Waals surface area contributed by atoms with Crippen LogP contribution in [-0.2, 0) is 14.8 Å². The van der Waals surface area contributed by atoms with Crippen molar-refractivity contribution < 1.29 is 22.7 Å². The van der Waals surface area contributed by atoms with Crippen molar-refractivity contribution in [1.29, 1.82) is 0 Å². The molecule has 158 valence electrons. The molecule has 0 saturated carbocycles. The molecule has 0 spiro atoms. The molecular formula is C20H20ClN3O5S. The van der Waals surface area contributed by atoms with Gasteiger partial charge >= 0.3 is 0 Å². The number of carbonyl (C=O) groups excluding carboxylic acids is 1. The van der Waals surface area contributed by atoms with E-state index in [1.54, 1.807) is 0 Å². The number of sulfonamides is 1. The summed E-state index contributed by atoms with van der Waals surface area (Å²) in [6.07, 6.45) is 0.0173. The molecule has 0 bridgehead atoms. The number of halogens is 1. The zero-order chi connectivity index (χ0) is 21.3. The Hall–Kier alpha value is -2.59. The Morgan fingerprint density at radius 2 is 2.07 bits per heavy atom. The molecule has 1 aliphatic rings. The van der Waals surface area contributed by atoms with E-state index in [2.05, 4.69) is 4.98 Å². The normalized spacial score (nSPS) is 17.8. The first-order valence-corrected chi connectivity index (χ1v) is 11.1. The summed E-state index contributed by atoms with van der Waals surface area (Å²) in [6, 6.07) is 12.2. The van der Waals surface area contributed by atoms with Crippen molar-refractivity contribution in [2.24, 2.45) is 0 Å². The molecule has 0 unspecified atom stereocenters. The number of aromatic nitrogens is 1. The number of H-pyrrole nitrogens is 1. The number of nitrogen functional groups attached to an aromatic ring is 1. The summed E-state index contributed by atoms with van der Waals surface area (Å²) >= 11 is 6.08. The van der Waals surface area contributed by atoms with Gasteiger partial charge in [-0.05, 0) is 24.3 Å². The number of aldehydes is 1. The van der Waals surface area contributed by atoms with Gasteiger partial charge in [0.15, 0.2) is 6.29 Å². The van der Waals surface area contributed by atoms with Crippen LogP contribution < -0.4 is 10.5 Å². The minimum Gasteiger partial charge on any atom is -0.491 e. The number of fused-ring (bicyclic) bond motifs is 1. The van der Waals surface area contributed by atoms with Crippen molar-refractivity contribution >= 4 is 44.5 Å². The number of nitrogens with zero attached hydrogens (tertiary/aromatic N) is 1. The molecule has 4 rings (SSSR count). The maximum atomic E-state index is 13.5. The SMILES string of the molecule is Nc1cc(Cl)cc2c(S(=O)(=O)N3CCO[C@H](COc4ccccc4)C3)c(C=O)[nH]c12. The highest BCUT2D eigenvalue weighted by Gasteiger charge is 2.35. The number of aromatic amines is 1. The van der Waals surface area contributed by atoms with Crippen LogP contribution in [0.25, 0.3) is 10.9 Å². The molecule has 0 aliphatic carbocycles. The van der Waals surface area contributed by atoms with Crippen LogP contribution in [0, 0.1) is 0 Å². The summed E-state index contributed by atoms with van der Waals surface area (Å²) in [5, 5.41) is 0.565. The van der Waals surface area contributed by atoms with Crippen molar-refractivity contribution in [3.05, 3.63) is 53.2 Å². The first-order chi connectivity index (χ1) is 14.4. The van der Waals surface area contributed by atoms with E-state index in [1.165, 1.54) is 16.4 Å². The van der Waals surface area contributed by atoms with E-state index >= 15 is 0 Å². The third-order valence-corrected chi connectivity index (χ3v) is 7.06. The Kier molecular flexibility index (Phi) is 5.70. The molecule has 1 aromatic heterocycles. The molecule has 30 heavy (non-hydrogen) atoms. The molecule has 10 heteroatoms. The van der Waals surface area contributed by atoms with Gasteiger partial charge in [0, 0.05) is 23.5 Å². The van der Waals surface area contributed by atoms with Crippen LogP contribution in [0.3, 0.4) is 0 Å². The van der Waals surface area contributed by atoms with Crippen molar-refractivity contribution in [1.82, 2.24) is 9.29 Å². The second kappa shape index (κ2) is 8.27. The number of anilines is 1. The predicted molar refractivity (Wildman–Crippen MR) is 114 cm³/mol. The standard InChI is InChI=1S/C20H20ClN3O5S/c21-13-8-16-19(17(22)9-13)23-18(11-25)20(16)30(26,27)24-6-7-28-15(10-24)12-29-14-4-2-1-3-5-14/h1-5,8-9,11,15,23H,6-7,10,12,22H2/t15-/m0/s1. The first kappa shape index (κ1) is 20.7. The summed E-state index contributed by atoms with van der Waals surface area (Å²) in [5.74, 6) is 0.672. The lowest BCUT2D eigenvalue weighted by molar-refractivity contribution is -0.0249. The average molecular weight is 450 g/mol. The first-order valence-electron chi connectivity index (χ1n) is 9.25. The fourth-order valence-electron chi connectivity index (χ4n) is 3.49. The largest absolute Gasteiger partial charge is 0.491 e. The number of benzene rings is 2. The fourth-order valence-corrected chi connectivity index (χ4v) is 5.47. The number of morpholine rings is 1. The maximum Gasteiger partial charge on any atom is 0.246 e. The highest BCUT2D eigenvalue weighted by Crippen LogP contribution is 2.34. The Morgan fingerprint density at radius 1 is 1.30 bits per heavy atom. The van der Waals surface area contributed by atoms with E-state index in [4.69, 9.17) is 26.8 Å². The van der Waals surface area contributed by atoms with E-state index in [0.29, 0.717) is 17.6 Å². The van der Waals surface area contributed by atoms with E-state index in [-0.39, 0.29) is 53.0 Å². The van der Waals surface area contributed by atoms with Crippen molar-refractivity contribution in [3.8, 4) is 5.75 Å². The van der Waals surface area contributed by atoms with Crippen LogP contribution in [0.1, 0.15) is 10.5 Å². The van der Waals surface area contributed by atoms with Gasteiger partial charge in [0.2, 0.25) is 10.0 Å². The van der Waals surface area contributed by atoms with E-state index < -0.39 is 16.1 Å². The molecule has 0 amide bonds. The van der Waals surface area contributed by atoms with Crippen LogP contribution in [0.4, 0.5) is 5.69 Å². The monoisotopic (exact) mass is 449 g/mol. The Labute approximate surface area is 178 Å². The molecular weight excluding hydrogens is 430 g/mol. The summed E-state index contributed by atoms with van der Waals surface area (Å²) in [4.78, 5) is 14.3. The van der Waals surface area contributed by atoms with Gasteiger partial charge in [-0.1, -0.05) is 29.8 Å². The number of para-hydroxylation sites is 1. The summed E-state index contributed by atoms with van der Waals surface area (Å²) in [7, 11) is -4.02. The number of hydrogen-bond acceptors (Lipinski definition) is 6. The zero-order valence-electron chi connectivity index (χ0n) is 15.9. The Bertz CT molecular complexity index is 1180. The van der Waals surface area contributed by atoms with Crippen molar-refractivity contribution in [2.45, 2.75) is 11.0 Å². The van der Waals surface area contributed by atoms with Crippen LogP contribution >= 0.6 is 11.6 Å². The van der Waals surface area contributed by atoms with Crippen LogP contribution in [0.5, 0.6) is 5.75 Å². The number of nitrogens with two attached hydrogens (primary N) is 1. The summed E-state index contributed by atoms with van der Waals surface area (Å²) < 4.78 is 39.6. The number of ether oxygens (including phenoxy) is 2. The molecule has 1 saturated heterocycles. The minimum atomic E-state index is -4.02. The van der Waals surface area contributed by atoms with Gasteiger partial charge in [-0.15, -0.1) is 0 Å². The number of carbonyl (C=O) groups is 1. The molecule has 2 heterocycles. The number of nitrogens with one attached hydrogen (secondary N) is 1. The highest BCUT2D eigenvalue weighted by molar-refractivity contribution is 7.89. The third-order valence-electron chi connectivity index (χ3n) is 4.88. The Balaban J connectivity index is 1.62. The topological polar surface area (TPSA) is 115 Å². The third kappa shape index (κ3) is 3.89. The molecule has 2 aromatic carbocycles. The number of hydrogen-bond donors (Lipinski definition) is 2. The van der Waals surface area contributed by atoms with E-state index in [0.717, 1.165) is 0 Å². The fraction of sp³-hybridized carbons (Fsp3) is 0.250. The van der Waals surface area contributed by atoms with Crippen LogP contribution in [0.15, 0.2) is 47.4 Å². The smallest absolute Gasteiger partial charge is 0.246 e.